The Balaban J connectivity index is 1.64. The lowest BCUT2D eigenvalue weighted by molar-refractivity contribution is -0.132. The number of amides is 2. The molecule has 0 radical (unpaired) electrons. The lowest BCUT2D eigenvalue weighted by Crippen LogP contribution is -2.49. The predicted molar refractivity (Wildman–Crippen MR) is 109 cm³/mol. The molecule has 0 fully saturated rings. The lowest BCUT2D eigenvalue weighted by atomic mass is 10.1. The number of nitrogens with two attached hydrogens (primary N) is 1. The van der Waals surface area contributed by atoms with Crippen LogP contribution in [-0.4, -0.2) is 52.6 Å². The van der Waals surface area contributed by atoms with E-state index < -0.39 is 6.04 Å². The molecule has 3 aromatic rings. The van der Waals surface area contributed by atoms with Crippen molar-refractivity contribution in [3.8, 4) is 0 Å². The van der Waals surface area contributed by atoms with Gasteiger partial charge in [0.2, 0.25) is 5.91 Å². The second-order valence-electron chi connectivity index (χ2n) is 6.66. The molecule has 0 saturated carbocycles. The van der Waals surface area contributed by atoms with Crippen LogP contribution in [0, 0.1) is 0 Å². The van der Waals surface area contributed by atoms with E-state index in [4.69, 9.17) is 5.73 Å². The Kier molecular flexibility index (Phi) is 6.39. The first-order chi connectivity index (χ1) is 13.6. The van der Waals surface area contributed by atoms with Gasteiger partial charge in [0.15, 0.2) is 5.69 Å². The highest BCUT2D eigenvalue weighted by atomic mass is 16.2. The molecule has 1 heterocycles. The number of fused-ring (bicyclic) bond motifs is 1. The third-order valence-corrected chi connectivity index (χ3v) is 4.63. The summed E-state index contributed by atoms with van der Waals surface area (Å²) < 4.78 is 0. The smallest absolute Gasteiger partial charge is 0.273 e. The van der Waals surface area contributed by atoms with E-state index in [1.807, 2.05) is 54.6 Å². The fraction of sp³-hybridized carbons (Fsp3) is 0.286. The second-order valence-corrected chi connectivity index (χ2v) is 6.66. The highest BCUT2D eigenvalue weighted by Gasteiger charge is 2.23. The molecule has 0 aliphatic rings. The van der Waals surface area contributed by atoms with Crippen LogP contribution in [-0.2, 0) is 11.2 Å². The first kappa shape index (κ1) is 19.6. The Morgan fingerprint density at radius 1 is 1.11 bits per heavy atom. The van der Waals surface area contributed by atoms with E-state index in [0.717, 1.165) is 22.9 Å². The molecule has 1 atom stereocenters. The maximum atomic E-state index is 12.9. The van der Waals surface area contributed by atoms with Gasteiger partial charge in [-0.05, 0) is 25.0 Å². The Labute approximate surface area is 163 Å². The van der Waals surface area contributed by atoms with Gasteiger partial charge in [0.25, 0.3) is 5.91 Å². The monoisotopic (exact) mass is 379 g/mol. The maximum Gasteiger partial charge on any atom is 0.273 e. The Morgan fingerprint density at radius 2 is 1.82 bits per heavy atom. The molecule has 146 valence electrons. The molecule has 0 aliphatic carbocycles. The van der Waals surface area contributed by atoms with Crippen LogP contribution < -0.4 is 11.1 Å². The fourth-order valence-electron chi connectivity index (χ4n) is 3.13. The summed E-state index contributed by atoms with van der Waals surface area (Å²) in [5.41, 5.74) is 7.89. The predicted octanol–water partition coefficient (Wildman–Crippen LogP) is 1.71. The minimum absolute atomic E-state index is 0.158. The van der Waals surface area contributed by atoms with Crippen LogP contribution in [0.3, 0.4) is 0 Å². The summed E-state index contributed by atoms with van der Waals surface area (Å²) in [6.07, 6.45) is 0.733. The SMILES string of the molecule is CC(NC(=O)c1n[nH]c2ccccc12)C(=O)N(CCN)CCc1ccccc1. The highest BCUT2D eigenvalue weighted by molar-refractivity contribution is 6.05. The van der Waals surface area contributed by atoms with Gasteiger partial charge in [-0.2, -0.15) is 5.10 Å². The van der Waals surface area contributed by atoms with Gasteiger partial charge in [-0.3, -0.25) is 14.7 Å². The number of nitrogens with zero attached hydrogens (tertiary/aromatic N) is 2. The zero-order valence-electron chi connectivity index (χ0n) is 15.9. The number of rotatable bonds is 8. The summed E-state index contributed by atoms with van der Waals surface area (Å²) >= 11 is 0. The van der Waals surface area contributed by atoms with Crippen molar-refractivity contribution in [2.24, 2.45) is 5.73 Å². The molecule has 0 bridgehead atoms. The molecule has 2 amide bonds. The molecule has 4 N–H and O–H groups in total. The van der Waals surface area contributed by atoms with Gasteiger partial charge in [0, 0.05) is 25.0 Å². The fourth-order valence-corrected chi connectivity index (χ4v) is 3.13. The summed E-state index contributed by atoms with van der Waals surface area (Å²) in [5, 5.41) is 10.4. The van der Waals surface area contributed by atoms with Crippen molar-refractivity contribution in [2.45, 2.75) is 19.4 Å². The van der Waals surface area contributed by atoms with Crippen molar-refractivity contribution < 1.29 is 9.59 Å². The van der Waals surface area contributed by atoms with Gasteiger partial charge in [-0.1, -0.05) is 48.5 Å². The standard InChI is InChI=1S/C21H25N5O2/c1-15(23-20(27)19-17-9-5-6-10-18(17)24-25-19)21(28)26(14-12-22)13-11-16-7-3-2-4-8-16/h2-10,15H,11-14,22H2,1H3,(H,23,27)(H,24,25). The first-order valence-corrected chi connectivity index (χ1v) is 9.37. The number of carbonyl (C=O) groups excluding carboxylic acids is 2. The van der Waals surface area contributed by atoms with E-state index in [1.165, 1.54) is 0 Å². The molecule has 7 nitrogen and oxygen atoms in total. The molecule has 1 unspecified atom stereocenters. The van der Waals surface area contributed by atoms with Crippen molar-refractivity contribution in [2.75, 3.05) is 19.6 Å². The summed E-state index contributed by atoms with van der Waals surface area (Å²) in [7, 11) is 0. The van der Waals surface area contributed by atoms with Crippen molar-refractivity contribution in [1.82, 2.24) is 20.4 Å². The zero-order valence-corrected chi connectivity index (χ0v) is 15.9. The first-order valence-electron chi connectivity index (χ1n) is 9.37. The average Bonchev–Trinajstić information content (AvgIpc) is 3.15. The van der Waals surface area contributed by atoms with E-state index in [-0.39, 0.29) is 17.5 Å². The van der Waals surface area contributed by atoms with Crippen molar-refractivity contribution >= 4 is 22.7 Å². The minimum Gasteiger partial charge on any atom is -0.339 e. The van der Waals surface area contributed by atoms with Gasteiger partial charge in [0.1, 0.15) is 6.04 Å². The number of aromatic amines is 1. The number of para-hydroxylation sites is 1. The molecule has 3 rings (SSSR count). The Hall–Kier alpha value is -3.19. The number of aromatic nitrogens is 2. The molecule has 0 saturated heterocycles. The number of carbonyl (C=O) groups is 2. The molecule has 2 aromatic carbocycles. The van der Waals surface area contributed by atoms with E-state index in [0.29, 0.717) is 19.6 Å². The number of H-pyrrole nitrogens is 1. The van der Waals surface area contributed by atoms with E-state index >= 15 is 0 Å². The minimum atomic E-state index is -0.676. The van der Waals surface area contributed by atoms with Crippen LogP contribution in [0.1, 0.15) is 23.0 Å². The normalized spacial score (nSPS) is 11.9. The van der Waals surface area contributed by atoms with E-state index in [2.05, 4.69) is 15.5 Å². The van der Waals surface area contributed by atoms with Crippen molar-refractivity contribution in [3.05, 3.63) is 65.9 Å². The average molecular weight is 379 g/mol. The van der Waals surface area contributed by atoms with E-state index in [9.17, 15) is 9.59 Å². The van der Waals surface area contributed by atoms with Crippen LogP contribution in [0.25, 0.3) is 10.9 Å². The number of benzene rings is 2. The Bertz CT molecular complexity index is 938. The number of nitrogens with one attached hydrogen (secondary N) is 2. The van der Waals surface area contributed by atoms with Crippen LogP contribution in [0.2, 0.25) is 0 Å². The molecular formula is C21H25N5O2. The Morgan fingerprint density at radius 3 is 2.57 bits per heavy atom. The maximum absolute atomic E-state index is 12.9. The number of hydrogen-bond acceptors (Lipinski definition) is 4. The zero-order chi connectivity index (χ0) is 19.9. The summed E-state index contributed by atoms with van der Waals surface area (Å²) in [5.74, 6) is -0.538. The summed E-state index contributed by atoms with van der Waals surface area (Å²) in [4.78, 5) is 27.2. The van der Waals surface area contributed by atoms with Crippen LogP contribution in [0.4, 0.5) is 0 Å². The van der Waals surface area contributed by atoms with Gasteiger partial charge in [0.05, 0.1) is 5.52 Å². The van der Waals surface area contributed by atoms with Crippen molar-refractivity contribution in [3.63, 3.8) is 0 Å². The quantitative estimate of drug-likeness (QED) is 0.554. The highest BCUT2D eigenvalue weighted by Crippen LogP contribution is 2.15. The van der Waals surface area contributed by atoms with Gasteiger partial charge >= 0.3 is 0 Å². The molecular weight excluding hydrogens is 354 g/mol. The van der Waals surface area contributed by atoms with Gasteiger partial charge in [-0.25, -0.2) is 0 Å². The van der Waals surface area contributed by atoms with Gasteiger partial charge in [-0.15, -0.1) is 0 Å². The van der Waals surface area contributed by atoms with Crippen LogP contribution in [0.5, 0.6) is 0 Å². The largest absolute Gasteiger partial charge is 0.339 e. The van der Waals surface area contributed by atoms with Crippen LogP contribution >= 0.6 is 0 Å². The van der Waals surface area contributed by atoms with E-state index in [1.54, 1.807) is 11.8 Å². The molecule has 0 aliphatic heterocycles. The third-order valence-electron chi connectivity index (χ3n) is 4.63. The third kappa shape index (κ3) is 4.55. The van der Waals surface area contributed by atoms with Crippen molar-refractivity contribution in [1.29, 1.82) is 0 Å². The summed E-state index contributed by atoms with van der Waals surface area (Å²) in [6, 6.07) is 16.7. The topological polar surface area (TPSA) is 104 Å². The lowest BCUT2D eigenvalue weighted by Gasteiger charge is -2.25. The summed E-state index contributed by atoms with van der Waals surface area (Å²) in [6.45, 7) is 3.04. The number of hydrogen-bond donors (Lipinski definition) is 3. The molecule has 1 aromatic heterocycles. The molecule has 7 heteroatoms. The molecule has 28 heavy (non-hydrogen) atoms. The second kappa shape index (κ2) is 9.14. The molecule has 0 spiro atoms. The van der Waals surface area contributed by atoms with Crippen LogP contribution in [0.15, 0.2) is 54.6 Å². The van der Waals surface area contributed by atoms with Gasteiger partial charge < -0.3 is 16.0 Å².